The third-order valence-corrected chi connectivity index (χ3v) is 5.19. The molecule has 2 atom stereocenters. The highest BCUT2D eigenvalue weighted by atomic mass is 32.2. The summed E-state index contributed by atoms with van der Waals surface area (Å²) in [5.74, 6) is -1.51. The van der Waals surface area contributed by atoms with Crippen molar-refractivity contribution in [1.29, 1.82) is 0 Å². The van der Waals surface area contributed by atoms with E-state index < -0.39 is 32.8 Å². The first kappa shape index (κ1) is 17.6. The van der Waals surface area contributed by atoms with Gasteiger partial charge >= 0.3 is 0 Å². The van der Waals surface area contributed by atoms with Crippen LogP contribution in [-0.4, -0.2) is 30.1 Å². The number of sulfone groups is 1. The summed E-state index contributed by atoms with van der Waals surface area (Å²) in [5, 5.41) is 20.5. The van der Waals surface area contributed by atoms with E-state index in [1.165, 1.54) is 24.3 Å². The van der Waals surface area contributed by atoms with Crippen LogP contribution in [0, 0.1) is 0 Å². The number of benzene rings is 2. The molecule has 7 heteroatoms. The highest BCUT2D eigenvalue weighted by molar-refractivity contribution is 7.91. The molecular weight excluding hydrogens is 316 g/mol. The van der Waals surface area contributed by atoms with E-state index in [1.807, 2.05) is 0 Å². The van der Waals surface area contributed by atoms with Crippen LogP contribution in [0.4, 0.5) is 0 Å². The minimum atomic E-state index is -3.94. The number of hydrogen-bond acceptors (Lipinski definition) is 6. The molecular formula is C16H20N2O4S. The van der Waals surface area contributed by atoms with Crippen molar-refractivity contribution in [3.63, 3.8) is 0 Å². The van der Waals surface area contributed by atoms with Gasteiger partial charge in [0.2, 0.25) is 0 Å². The molecule has 23 heavy (non-hydrogen) atoms. The molecule has 124 valence electrons. The molecule has 0 saturated heterocycles. The number of aliphatic hydroxyl groups is 2. The van der Waals surface area contributed by atoms with Crippen molar-refractivity contribution in [3.8, 4) is 0 Å². The Morgan fingerprint density at radius 2 is 1.04 bits per heavy atom. The molecule has 0 fully saturated rings. The first-order valence-corrected chi connectivity index (χ1v) is 8.79. The van der Waals surface area contributed by atoms with Crippen LogP contribution in [0.3, 0.4) is 0 Å². The van der Waals surface area contributed by atoms with Crippen molar-refractivity contribution in [2.75, 3.05) is 11.5 Å². The van der Waals surface area contributed by atoms with Gasteiger partial charge in [-0.25, -0.2) is 8.42 Å². The van der Waals surface area contributed by atoms with Crippen molar-refractivity contribution in [2.24, 2.45) is 11.5 Å². The molecule has 0 aliphatic rings. The Hall–Kier alpha value is -1.77. The van der Waals surface area contributed by atoms with Gasteiger partial charge in [-0.05, 0) is 11.1 Å². The van der Waals surface area contributed by atoms with Crippen LogP contribution in [0.5, 0.6) is 0 Å². The average molecular weight is 336 g/mol. The third-order valence-electron chi connectivity index (χ3n) is 3.43. The van der Waals surface area contributed by atoms with Crippen LogP contribution in [-0.2, 0) is 21.3 Å². The van der Waals surface area contributed by atoms with Crippen LogP contribution >= 0.6 is 0 Å². The smallest absolute Gasteiger partial charge is 0.159 e. The van der Waals surface area contributed by atoms with E-state index in [0.717, 1.165) is 0 Å². The Balaban J connectivity index is 2.19. The van der Waals surface area contributed by atoms with E-state index in [1.54, 1.807) is 36.4 Å². The molecule has 0 saturated carbocycles. The molecule has 0 radical (unpaired) electrons. The Bertz CT molecular complexity index is 685. The maximum Gasteiger partial charge on any atom is 0.159 e. The van der Waals surface area contributed by atoms with Gasteiger partial charge in [-0.2, -0.15) is 0 Å². The Labute approximate surface area is 135 Å². The molecule has 2 aromatic rings. The molecule has 6 nitrogen and oxygen atoms in total. The molecule has 0 amide bonds. The van der Waals surface area contributed by atoms with E-state index in [-0.39, 0.29) is 11.1 Å². The Morgan fingerprint density at radius 1 is 0.739 bits per heavy atom. The third kappa shape index (κ3) is 4.60. The van der Waals surface area contributed by atoms with Gasteiger partial charge in [0, 0.05) is 0 Å². The quantitative estimate of drug-likeness (QED) is 0.550. The molecule has 2 unspecified atom stereocenters. The summed E-state index contributed by atoms with van der Waals surface area (Å²) in [6, 6.07) is 16.1. The lowest BCUT2D eigenvalue weighted by molar-refractivity contribution is 0.0607. The zero-order valence-electron chi connectivity index (χ0n) is 12.5. The van der Waals surface area contributed by atoms with E-state index in [9.17, 15) is 18.6 Å². The maximum atomic E-state index is 12.3. The lowest BCUT2D eigenvalue weighted by Gasteiger charge is -2.27. The van der Waals surface area contributed by atoms with Crippen molar-refractivity contribution >= 4 is 9.84 Å². The largest absolute Gasteiger partial charge is 0.371 e. The molecule has 0 bridgehead atoms. The highest BCUT2D eigenvalue weighted by Gasteiger charge is 2.36. The van der Waals surface area contributed by atoms with Gasteiger partial charge in [0.05, 0.1) is 11.5 Å². The molecule has 0 spiro atoms. The van der Waals surface area contributed by atoms with E-state index in [4.69, 9.17) is 11.5 Å². The van der Waals surface area contributed by atoms with Crippen molar-refractivity contribution in [1.82, 2.24) is 0 Å². The van der Waals surface area contributed by atoms with Crippen molar-refractivity contribution in [3.05, 3.63) is 71.8 Å². The summed E-state index contributed by atoms with van der Waals surface area (Å²) in [6.07, 6.45) is 0. The standard InChI is InChI=1S/C16H20N2O4S/c17-15(19,13-7-3-1-4-8-13)11-23(21,22)12-16(18,20)14-9-5-2-6-10-14/h1-10,19-20H,11-12,17-18H2. The van der Waals surface area contributed by atoms with Gasteiger partial charge in [0.1, 0.15) is 0 Å². The van der Waals surface area contributed by atoms with Gasteiger partial charge < -0.3 is 10.2 Å². The second kappa shape index (κ2) is 6.38. The monoisotopic (exact) mass is 336 g/mol. The van der Waals surface area contributed by atoms with Crippen LogP contribution in [0.25, 0.3) is 0 Å². The minimum absolute atomic E-state index is 0.267. The molecule has 2 rings (SSSR count). The normalized spacial score (nSPS) is 17.2. The molecule has 0 aliphatic carbocycles. The lowest BCUT2D eigenvalue weighted by atomic mass is 10.1. The first-order chi connectivity index (χ1) is 10.6. The van der Waals surface area contributed by atoms with Gasteiger partial charge in [-0.15, -0.1) is 0 Å². The predicted octanol–water partition coefficient (Wildman–Crippen LogP) is 0.00920. The molecule has 2 aromatic carbocycles. The summed E-state index contributed by atoms with van der Waals surface area (Å²) < 4.78 is 24.7. The molecule has 0 heterocycles. The van der Waals surface area contributed by atoms with Gasteiger partial charge in [-0.3, -0.25) is 11.5 Å². The van der Waals surface area contributed by atoms with Gasteiger partial charge in [0.15, 0.2) is 21.3 Å². The Morgan fingerprint density at radius 3 is 1.35 bits per heavy atom. The zero-order valence-corrected chi connectivity index (χ0v) is 13.3. The maximum absolute atomic E-state index is 12.3. The SMILES string of the molecule is NC(O)(CS(=O)(=O)CC(N)(O)c1ccccc1)c1ccccc1. The van der Waals surface area contributed by atoms with E-state index >= 15 is 0 Å². The predicted molar refractivity (Wildman–Crippen MR) is 87.7 cm³/mol. The molecule has 0 aromatic heterocycles. The van der Waals surface area contributed by atoms with Crippen LogP contribution < -0.4 is 11.5 Å². The second-order valence-corrected chi connectivity index (χ2v) is 7.68. The minimum Gasteiger partial charge on any atom is -0.371 e. The topological polar surface area (TPSA) is 127 Å². The number of nitrogens with two attached hydrogens (primary N) is 2. The van der Waals surface area contributed by atoms with Crippen LogP contribution in [0.15, 0.2) is 60.7 Å². The average Bonchev–Trinajstić information content (AvgIpc) is 2.47. The summed E-state index contributed by atoms with van der Waals surface area (Å²) >= 11 is 0. The number of rotatable bonds is 6. The fraction of sp³-hybridized carbons (Fsp3) is 0.250. The first-order valence-electron chi connectivity index (χ1n) is 6.96. The fourth-order valence-corrected chi connectivity index (χ4v) is 4.12. The van der Waals surface area contributed by atoms with E-state index in [2.05, 4.69) is 0 Å². The van der Waals surface area contributed by atoms with Crippen LogP contribution in [0.2, 0.25) is 0 Å². The summed E-state index contributed by atoms with van der Waals surface area (Å²) in [4.78, 5) is 0. The van der Waals surface area contributed by atoms with Gasteiger partial charge in [-0.1, -0.05) is 60.7 Å². The number of hydrogen-bond donors (Lipinski definition) is 4. The second-order valence-electron chi connectivity index (χ2n) is 5.61. The highest BCUT2D eigenvalue weighted by Crippen LogP contribution is 2.22. The summed E-state index contributed by atoms with van der Waals surface area (Å²) in [6.45, 7) is 0. The zero-order chi connectivity index (χ0) is 17.1. The van der Waals surface area contributed by atoms with Gasteiger partial charge in [0.25, 0.3) is 0 Å². The van der Waals surface area contributed by atoms with Crippen molar-refractivity contribution in [2.45, 2.75) is 11.4 Å². The molecule has 6 N–H and O–H groups in total. The summed E-state index contributed by atoms with van der Waals surface area (Å²) in [7, 11) is -3.94. The van der Waals surface area contributed by atoms with Crippen LogP contribution in [0.1, 0.15) is 11.1 Å². The fourth-order valence-electron chi connectivity index (χ4n) is 2.34. The summed E-state index contributed by atoms with van der Waals surface area (Å²) in [5.41, 5.74) is 7.88. The van der Waals surface area contributed by atoms with E-state index in [0.29, 0.717) is 0 Å². The van der Waals surface area contributed by atoms with Crippen molar-refractivity contribution < 1.29 is 18.6 Å². The molecule has 0 aliphatic heterocycles. The lowest BCUT2D eigenvalue weighted by Crippen LogP contribution is -2.49. The Kier molecular flexibility index (Phi) is 4.88.